The summed E-state index contributed by atoms with van der Waals surface area (Å²) < 4.78 is 0. The maximum atomic E-state index is 5.79. The molecule has 1 rings (SSSR count). The summed E-state index contributed by atoms with van der Waals surface area (Å²) in [4.78, 5) is 0. The van der Waals surface area contributed by atoms with Gasteiger partial charge in [-0.25, -0.2) is 0 Å². The average molecular weight is 210 g/mol. The van der Waals surface area contributed by atoms with Gasteiger partial charge in [-0.05, 0) is 18.6 Å². The summed E-state index contributed by atoms with van der Waals surface area (Å²) in [6.07, 6.45) is 0. The van der Waals surface area contributed by atoms with Crippen molar-refractivity contribution in [2.45, 2.75) is 6.92 Å². The lowest BCUT2D eigenvalue weighted by Crippen LogP contribution is -1.89. The predicted octanol–water partition coefficient (Wildman–Crippen LogP) is 3.54. The number of hydrogen-bond acceptors (Lipinski definition) is 1. The standard InChI is InChI=1S/C7H6Cl3N/c1-3-6(9)4(8)2-5(11)7(3)10/h2H,11H2,1H3. The Balaban J connectivity index is 3.46. The Morgan fingerprint density at radius 1 is 1.18 bits per heavy atom. The first kappa shape index (κ1) is 8.98. The van der Waals surface area contributed by atoms with Crippen molar-refractivity contribution in [2.75, 3.05) is 5.73 Å². The Hall–Kier alpha value is -0.110. The quantitative estimate of drug-likeness (QED) is 0.514. The largest absolute Gasteiger partial charge is 0.397 e. The van der Waals surface area contributed by atoms with Crippen molar-refractivity contribution in [1.82, 2.24) is 0 Å². The first-order valence-corrected chi connectivity index (χ1v) is 4.07. The smallest absolute Gasteiger partial charge is 0.0680 e. The van der Waals surface area contributed by atoms with Gasteiger partial charge in [-0.2, -0.15) is 0 Å². The van der Waals surface area contributed by atoms with Crippen molar-refractivity contribution < 1.29 is 0 Å². The van der Waals surface area contributed by atoms with E-state index in [4.69, 9.17) is 40.5 Å². The van der Waals surface area contributed by atoms with Gasteiger partial charge in [0.05, 0.1) is 20.8 Å². The summed E-state index contributed by atoms with van der Waals surface area (Å²) in [5.41, 5.74) is 6.69. The van der Waals surface area contributed by atoms with E-state index in [0.29, 0.717) is 20.8 Å². The number of anilines is 1. The van der Waals surface area contributed by atoms with E-state index in [9.17, 15) is 0 Å². The maximum Gasteiger partial charge on any atom is 0.0680 e. The number of halogens is 3. The summed E-state index contributed by atoms with van der Waals surface area (Å²) in [6.45, 7) is 1.77. The second kappa shape index (κ2) is 3.10. The zero-order chi connectivity index (χ0) is 8.59. The molecule has 0 radical (unpaired) electrons. The van der Waals surface area contributed by atoms with Crippen molar-refractivity contribution in [1.29, 1.82) is 0 Å². The van der Waals surface area contributed by atoms with Gasteiger partial charge in [0.1, 0.15) is 0 Å². The SMILES string of the molecule is Cc1c(Cl)c(N)cc(Cl)c1Cl. The molecule has 1 aromatic carbocycles. The van der Waals surface area contributed by atoms with Crippen LogP contribution in [0.25, 0.3) is 0 Å². The van der Waals surface area contributed by atoms with Gasteiger partial charge in [0.25, 0.3) is 0 Å². The molecule has 0 aromatic heterocycles. The monoisotopic (exact) mass is 209 g/mol. The van der Waals surface area contributed by atoms with Crippen LogP contribution >= 0.6 is 34.8 Å². The Morgan fingerprint density at radius 2 is 1.73 bits per heavy atom. The number of rotatable bonds is 0. The van der Waals surface area contributed by atoms with E-state index in [1.807, 2.05) is 0 Å². The molecule has 0 unspecified atom stereocenters. The fourth-order valence-corrected chi connectivity index (χ4v) is 1.36. The van der Waals surface area contributed by atoms with Crippen LogP contribution in [0.1, 0.15) is 5.56 Å². The molecule has 4 heteroatoms. The second-order valence-electron chi connectivity index (χ2n) is 2.20. The van der Waals surface area contributed by atoms with Gasteiger partial charge >= 0.3 is 0 Å². The number of nitrogen functional groups attached to an aromatic ring is 1. The second-order valence-corrected chi connectivity index (χ2v) is 3.36. The van der Waals surface area contributed by atoms with Crippen LogP contribution in [-0.4, -0.2) is 0 Å². The summed E-state index contributed by atoms with van der Waals surface area (Å²) in [6, 6.07) is 1.54. The Labute approximate surface area is 80.0 Å². The first-order valence-electron chi connectivity index (χ1n) is 2.93. The maximum absolute atomic E-state index is 5.79. The zero-order valence-electron chi connectivity index (χ0n) is 5.79. The van der Waals surface area contributed by atoms with Crippen LogP contribution in [0.15, 0.2) is 6.07 Å². The van der Waals surface area contributed by atoms with E-state index >= 15 is 0 Å². The van der Waals surface area contributed by atoms with Crippen molar-refractivity contribution in [3.63, 3.8) is 0 Å². The third-order valence-electron chi connectivity index (χ3n) is 1.40. The molecule has 0 spiro atoms. The number of benzene rings is 1. The molecule has 0 bridgehead atoms. The summed E-state index contributed by atoms with van der Waals surface area (Å²) >= 11 is 17.3. The summed E-state index contributed by atoms with van der Waals surface area (Å²) in [7, 11) is 0. The third-order valence-corrected chi connectivity index (χ3v) is 2.79. The molecule has 0 aliphatic rings. The van der Waals surface area contributed by atoms with Gasteiger partial charge in [0, 0.05) is 0 Å². The molecule has 2 N–H and O–H groups in total. The van der Waals surface area contributed by atoms with Crippen LogP contribution in [0.2, 0.25) is 15.1 Å². The summed E-state index contributed by atoms with van der Waals surface area (Å²) in [5, 5.41) is 1.37. The Kier molecular flexibility index (Phi) is 2.53. The topological polar surface area (TPSA) is 26.0 Å². The van der Waals surface area contributed by atoms with Gasteiger partial charge in [-0.1, -0.05) is 34.8 Å². The molecule has 0 saturated carbocycles. The molecule has 0 saturated heterocycles. The predicted molar refractivity (Wildman–Crippen MR) is 50.6 cm³/mol. The highest BCUT2D eigenvalue weighted by molar-refractivity contribution is 6.44. The highest BCUT2D eigenvalue weighted by Gasteiger charge is 2.08. The highest BCUT2D eigenvalue weighted by Crippen LogP contribution is 2.34. The van der Waals surface area contributed by atoms with Crippen molar-refractivity contribution in [2.24, 2.45) is 0 Å². The molecule has 0 amide bonds. The minimum Gasteiger partial charge on any atom is -0.397 e. The van der Waals surface area contributed by atoms with Crippen LogP contribution in [0, 0.1) is 6.92 Å². The van der Waals surface area contributed by atoms with E-state index in [0.717, 1.165) is 5.56 Å². The molecule has 1 nitrogen and oxygen atoms in total. The molecule has 0 fully saturated rings. The molecule has 0 aliphatic carbocycles. The molecule has 1 aromatic rings. The molecule has 0 aliphatic heterocycles. The average Bonchev–Trinajstić information content (AvgIpc) is 1.97. The van der Waals surface area contributed by atoms with Crippen LogP contribution < -0.4 is 5.73 Å². The van der Waals surface area contributed by atoms with E-state index < -0.39 is 0 Å². The minimum atomic E-state index is 0.436. The first-order chi connectivity index (χ1) is 5.04. The highest BCUT2D eigenvalue weighted by atomic mass is 35.5. The van der Waals surface area contributed by atoms with Crippen LogP contribution in [0.3, 0.4) is 0 Å². The molecular weight excluding hydrogens is 204 g/mol. The Morgan fingerprint density at radius 3 is 2.27 bits per heavy atom. The van der Waals surface area contributed by atoms with E-state index in [1.165, 1.54) is 0 Å². The van der Waals surface area contributed by atoms with Gasteiger partial charge in [0.15, 0.2) is 0 Å². The normalized spacial score (nSPS) is 10.2. The lowest BCUT2D eigenvalue weighted by Gasteiger charge is -2.05. The molecule has 60 valence electrons. The van der Waals surface area contributed by atoms with Gasteiger partial charge in [-0.15, -0.1) is 0 Å². The Bertz CT molecular complexity index is 270. The molecule has 11 heavy (non-hydrogen) atoms. The third kappa shape index (κ3) is 1.56. The van der Waals surface area contributed by atoms with Gasteiger partial charge in [-0.3, -0.25) is 0 Å². The zero-order valence-corrected chi connectivity index (χ0v) is 8.06. The molecule has 0 heterocycles. The molecular formula is C7H6Cl3N. The van der Waals surface area contributed by atoms with Crippen molar-refractivity contribution in [3.05, 3.63) is 26.7 Å². The van der Waals surface area contributed by atoms with Gasteiger partial charge in [0.2, 0.25) is 0 Å². The van der Waals surface area contributed by atoms with Crippen LogP contribution in [-0.2, 0) is 0 Å². The van der Waals surface area contributed by atoms with E-state index in [2.05, 4.69) is 0 Å². The van der Waals surface area contributed by atoms with Crippen molar-refractivity contribution >= 4 is 40.5 Å². The van der Waals surface area contributed by atoms with Crippen LogP contribution in [0.5, 0.6) is 0 Å². The fraction of sp³-hybridized carbons (Fsp3) is 0.143. The van der Waals surface area contributed by atoms with E-state index in [-0.39, 0.29) is 0 Å². The van der Waals surface area contributed by atoms with E-state index in [1.54, 1.807) is 13.0 Å². The lowest BCUT2D eigenvalue weighted by atomic mass is 10.2. The fourth-order valence-electron chi connectivity index (χ4n) is 0.755. The molecule has 0 atom stereocenters. The number of nitrogens with two attached hydrogens (primary N) is 1. The minimum absolute atomic E-state index is 0.436. The van der Waals surface area contributed by atoms with Crippen LogP contribution in [0.4, 0.5) is 5.69 Å². The van der Waals surface area contributed by atoms with Crippen molar-refractivity contribution in [3.8, 4) is 0 Å². The summed E-state index contributed by atoms with van der Waals surface area (Å²) in [5.74, 6) is 0. The van der Waals surface area contributed by atoms with Gasteiger partial charge < -0.3 is 5.73 Å². The lowest BCUT2D eigenvalue weighted by molar-refractivity contribution is 1.47. The number of hydrogen-bond donors (Lipinski definition) is 1.